The molecule has 4 nitrogen and oxygen atoms in total. The number of nitrogens with zero attached hydrogens (tertiary/aromatic N) is 3. The fraction of sp³-hybridized carbons (Fsp3) is 0.600. The Bertz CT molecular complexity index is 309. The Hall–Kier alpha value is -1.16. The Morgan fingerprint density at radius 2 is 2.36 bits per heavy atom. The van der Waals surface area contributed by atoms with E-state index in [4.69, 9.17) is 5.73 Å². The van der Waals surface area contributed by atoms with E-state index in [2.05, 4.69) is 21.8 Å². The Morgan fingerprint density at radius 1 is 1.57 bits per heavy atom. The molecule has 1 aliphatic carbocycles. The fourth-order valence-corrected chi connectivity index (χ4v) is 1.59. The molecule has 2 N–H and O–H groups in total. The lowest BCUT2D eigenvalue weighted by molar-refractivity contribution is 0.777. The van der Waals surface area contributed by atoms with Gasteiger partial charge in [0.2, 0.25) is 5.95 Å². The highest BCUT2D eigenvalue weighted by atomic mass is 15.3. The normalized spacial score (nSPS) is 15.6. The summed E-state index contributed by atoms with van der Waals surface area (Å²) in [4.78, 5) is 10.9. The predicted molar refractivity (Wildman–Crippen MR) is 56.0 cm³/mol. The molecule has 0 atom stereocenters. The highest BCUT2D eigenvalue weighted by Crippen LogP contribution is 2.29. The van der Waals surface area contributed by atoms with Crippen molar-refractivity contribution in [2.75, 3.05) is 11.4 Å². The molecule has 0 radical (unpaired) electrons. The van der Waals surface area contributed by atoms with Crippen molar-refractivity contribution in [3.05, 3.63) is 18.0 Å². The van der Waals surface area contributed by atoms with Crippen LogP contribution in [0.15, 0.2) is 12.3 Å². The van der Waals surface area contributed by atoms with Crippen LogP contribution in [0.2, 0.25) is 0 Å². The Labute approximate surface area is 84.2 Å². The van der Waals surface area contributed by atoms with Gasteiger partial charge in [0.25, 0.3) is 0 Å². The van der Waals surface area contributed by atoms with Gasteiger partial charge in [0.1, 0.15) is 0 Å². The van der Waals surface area contributed by atoms with Gasteiger partial charge in [-0.15, -0.1) is 0 Å². The Kier molecular flexibility index (Phi) is 2.63. The molecule has 0 amide bonds. The molecule has 0 aromatic carbocycles. The van der Waals surface area contributed by atoms with Crippen LogP contribution in [-0.2, 0) is 6.54 Å². The molecule has 0 spiro atoms. The number of aromatic nitrogens is 2. The highest BCUT2D eigenvalue weighted by molar-refractivity contribution is 5.34. The van der Waals surface area contributed by atoms with Gasteiger partial charge in [-0.05, 0) is 25.8 Å². The number of hydrogen-bond donors (Lipinski definition) is 1. The second-order valence-corrected chi connectivity index (χ2v) is 3.57. The number of hydrogen-bond acceptors (Lipinski definition) is 4. The van der Waals surface area contributed by atoms with E-state index in [1.54, 1.807) is 6.20 Å². The van der Waals surface area contributed by atoms with Gasteiger partial charge < -0.3 is 10.6 Å². The minimum Gasteiger partial charge on any atom is -0.338 e. The molecule has 0 unspecified atom stereocenters. The number of anilines is 1. The van der Waals surface area contributed by atoms with Crippen molar-refractivity contribution in [2.45, 2.75) is 32.4 Å². The summed E-state index contributed by atoms with van der Waals surface area (Å²) in [5.74, 6) is 0.831. The zero-order valence-corrected chi connectivity index (χ0v) is 8.48. The van der Waals surface area contributed by atoms with Crippen LogP contribution >= 0.6 is 0 Å². The Balaban J connectivity index is 2.20. The van der Waals surface area contributed by atoms with E-state index in [0.29, 0.717) is 12.6 Å². The maximum absolute atomic E-state index is 5.54. The summed E-state index contributed by atoms with van der Waals surface area (Å²) >= 11 is 0. The van der Waals surface area contributed by atoms with Gasteiger partial charge >= 0.3 is 0 Å². The molecule has 4 heteroatoms. The first kappa shape index (κ1) is 9.40. The van der Waals surface area contributed by atoms with Crippen molar-refractivity contribution in [3.8, 4) is 0 Å². The molecule has 14 heavy (non-hydrogen) atoms. The van der Waals surface area contributed by atoms with E-state index in [1.807, 2.05) is 6.07 Å². The first-order valence-electron chi connectivity index (χ1n) is 5.13. The molecule has 1 fully saturated rings. The molecular formula is C10H16N4. The zero-order valence-electron chi connectivity index (χ0n) is 8.48. The standard InChI is InChI=1S/C10H16N4/c1-2-14(9-3-4-9)10-12-6-5-8(7-11)13-10/h5-6,9H,2-4,7,11H2,1H3. The first-order chi connectivity index (χ1) is 6.85. The van der Waals surface area contributed by atoms with Crippen molar-refractivity contribution in [1.29, 1.82) is 0 Å². The monoisotopic (exact) mass is 192 g/mol. The molecule has 0 bridgehead atoms. The van der Waals surface area contributed by atoms with Crippen LogP contribution in [0, 0.1) is 0 Å². The molecule has 1 aliphatic rings. The topological polar surface area (TPSA) is 55.0 Å². The van der Waals surface area contributed by atoms with Crippen LogP contribution in [0.3, 0.4) is 0 Å². The lowest BCUT2D eigenvalue weighted by Gasteiger charge is -2.20. The van der Waals surface area contributed by atoms with Crippen molar-refractivity contribution in [1.82, 2.24) is 9.97 Å². The van der Waals surface area contributed by atoms with E-state index in [9.17, 15) is 0 Å². The molecular weight excluding hydrogens is 176 g/mol. The molecule has 0 saturated heterocycles. The lowest BCUT2D eigenvalue weighted by Crippen LogP contribution is -2.27. The maximum atomic E-state index is 5.54. The van der Waals surface area contributed by atoms with E-state index >= 15 is 0 Å². The Morgan fingerprint density at radius 3 is 2.93 bits per heavy atom. The summed E-state index contributed by atoms with van der Waals surface area (Å²) in [6.07, 6.45) is 4.32. The fourth-order valence-electron chi connectivity index (χ4n) is 1.59. The largest absolute Gasteiger partial charge is 0.338 e. The SMILES string of the molecule is CCN(c1nccc(CN)n1)C1CC1. The molecule has 2 rings (SSSR count). The van der Waals surface area contributed by atoms with Gasteiger partial charge in [0.15, 0.2) is 0 Å². The molecule has 1 heterocycles. The third-order valence-corrected chi connectivity index (χ3v) is 2.49. The van der Waals surface area contributed by atoms with Crippen LogP contribution in [0.5, 0.6) is 0 Å². The minimum atomic E-state index is 0.484. The van der Waals surface area contributed by atoms with E-state index < -0.39 is 0 Å². The number of nitrogens with two attached hydrogens (primary N) is 1. The van der Waals surface area contributed by atoms with Gasteiger partial charge in [-0.3, -0.25) is 0 Å². The van der Waals surface area contributed by atoms with Crippen LogP contribution in [0.25, 0.3) is 0 Å². The van der Waals surface area contributed by atoms with Gasteiger partial charge in [-0.1, -0.05) is 0 Å². The van der Waals surface area contributed by atoms with Crippen molar-refractivity contribution in [2.24, 2.45) is 5.73 Å². The van der Waals surface area contributed by atoms with Crippen molar-refractivity contribution < 1.29 is 0 Å². The number of rotatable bonds is 4. The van der Waals surface area contributed by atoms with Crippen LogP contribution < -0.4 is 10.6 Å². The van der Waals surface area contributed by atoms with Crippen molar-refractivity contribution in [3.63, 3.8) is 0 Å². The van der Waals surface area contributed by atoms with Gasteiger partial charge in [0.05, 0.1) is 5.69 Å². The average molecular weight is 192 g/mol. The molecule has 0 aliphatic heterocycles. The summed E-state index contributed by atoms with van der Waals surface area (Å²) in [5.41, 5.74) is 6.45. The summed E-state index contributed by atoms with van der Waals surface area (Å²) in [6.45, 7) is 3.59. The summed E-state index contributed by atoms with van der Waals surface area (Å²) in [6, 6.07) is 2.53. The van der Waals surface area contributed by atoms with Gasteiger partial charge in [-0.2, -0.15) is 0 Å². The van der Waals surface area contributed by atoms with E-state index in [0.717, 1.165) is 18.2 Å². The molecule has 76 valence electrons. The molecule has 1 aromatic heterocycles. The third kappa shape index (κ3) is 1.85. The maximum Gasteiger partial charge on any atom is 0.225 e. The predicted octanol–water partition coefficient (Wildman–Crippen LogP) is 0.924. The van der Waals surface area contributed by atoms with E-state index in [-0.39, 0.29) is 0 Å². The van der Waals surface area contributed by atoms with Crippen LogP contribution in [0.1, 0.15) is 25.5 Å². The van der Waals surface area contributed by atoms with Crippen LogP contribution in [-0.4, -0.2) is 22.6 Å². The van der Waals surface area contributed by atoms with Gasteiger partial charge in [0, 0.05) is 25.3 Å². The lowest BCUT2D eigenvalue weighted by atomic mass is 10.4. The second-order valence-electron chi connectivity index (χ2n) is 3.57. The summed E-state index contributed by atoms with van der Waals surface area (Å²) in [5, 5.41) is 0. The van der Waals surface area contributed by atoms with Crippen LogP contribution in [0.4, 0.5) is 5.95 Å². The first-order valence-corrected chi connectivity index (χ1v) is 5.13. The summed E-state index contributed by atoms with van der Waals surface area (Å²) in [7, 11) is 0. The third-order valence-electron chi connectivity index (χ3n) is 2.49. The average Bonchev–Trinajstić information content (AvgIpc) is 3.04. The highest BCUT2D eigenvalue weighted by Gasteiger charge is 2.29. The quantitative estimate of drug-likeness (QED) is 0.771. The zero-order chi connectivity index (χ0) is 9.97. The van der Waals surface area contributed by atoms with Gasteiger partial charge in [-0.25, -0.2) is 9.97 Å². The molecule has 1 aromatic rings. The second kappa shape index (κ2) is 3.92. The smallest absolute Gasteiger partial charge is 0.225 e. The molecule has 1 saturated carbocycles. The van der Waals surface area contributed by atoms with Crippen molar-refractivity contribution >= 4 is 5.95 Å². The van der Waals surface area contributed by atoms with E-state index in [1.165, 1.54) is 12.8 Å². The minimum absolute atomic E-state index is 0.484. The summed E-state index contributed by atoms with van der Waals surface area (Å²) < 4.78 is 0.